The third kappa shape index (κ3) is 6.38. The Hall–Kier alpha value is -2.34. The van der Waals surface area contributed by atoms with Crippen LogP contribution in [0.2, 0.25) is 10.0 Å². The summed E-state index contributed by atoms with van der Waals surface area (Å²) in [5, 5.41) is 12.8. The lowest BCUT2D eigenvalue weighted by atomic mass is 10.3. The smallest absolute Gasteiger partial charge is 0.350 e. The van der Waals surface area contributed by atoms with Gasteiger partial charge in [0, 0.05) is 12.1 Å². The highest BCUT2D eigenvalue weighted by Crippen LogP contribution is 2.31. The van der Waals surface area contributed by atoms with Gasteiger partial charge in [0.25, 0.3) is 0 Å². The molecule has 0 aliphatic carbocycles. The Bertz CT molecular complexity index is 1170. The number of aromatic nitrogens is 4. The first-order chi connectivity index (χ1) is 15.7. The number of nitrogens with zero attached hydrogens (tertiary/aromatic N) is 4. The van der Waals surface area contributed by atoms with Crippen LogP contribution in [-0.4, -0.2) is 44.0 Å². The standard InChI is InChI=1S/C20H21Cl2N5O4S2/c1-5-30-18(29)16-10(2)23-19(33-16)24-15(28)9-32-20-26-25-17(27(20)4)11(3)31-14-7-6-12(21)8-13(14)22/h6-8,11H,5,9H2,1-4H3,(H,23,24,28). The Morgan fingerprint density at radius 3 is 2.76 bits per heavy atom. The molecule has 13 heteroatoms. The van der Waals surface area contributed by atoms with Gasteiger partial charge in [-0.3, -0.25) is 4.79 Å². The van der Waals surface area contributed by atoms with E-state index in [9.17, 15) is 9.59 Å². The van der Waals surface area contributed by atoms with Gasteiger partial charge in [-0.15, -0.1) is 10.2 Å². The Morgan fingerprint density at radius 2 is 2.06 bits per heavy atom. The number of ether oxygens (including phenoxy) is 2. The molecule has 0 spiro atoms. The van der Waals surface area contributed by atoms with Crippen LogP contribution >= 0.6 is 46.3 Å². The summed E-state index contributed by atoms with van der Waals surface area (Å²) in [4.78, 5) is 28.9. The molecule has 1 aromatic carbocycles. The number of carbonyl (C=O) groups excluding carboxylic acids is 2. The highest BCUT2D eigenvalue weighted by molar-refractivity contribution is 7.99. The molecule has 0 saturated carbocycles. The van der Waals surface area contributed by atoms with E-state index < -0.39 is 12.1 Å². The molecular formula is C20H21Cl2N5O4S2. The molecule has 33 heavy (non-hydrogen) atoms. The van der Waals surface area contributed by atoms with Crippen LogP contribution in [-0.2, 0) is 16.6 Å². The minimum atomic E-state index is -0.454. The zero-order chi connectivity index (χ0) is 24.1. The maximum Gasteiger partial charge on any atom is 0.350 e. The molecule has 1 N–H and O–H groups in total. The molecular weight excluding hydrogens is 509 g/mol. The van der Waals surface area contributed by atoms with Crippen LogP contribution in [0.1, 0.15) is 41.1 Å². The summed E-state index contributed by atoms with van der Waals surface area (Å²) in [6.45, 7) is 5.51. The third-order valence-corrected chi connectivity index (χ3v) is 6.87. The van der Waals surface area contributed by atoms with Crippen molar-refractivity contribution in [3.05, 3.63) is 44.6 Å². The van der Waals surface area contributed by atoms with Crippen LogP contribution in [0.15, 0.2) is 23.4 Å². The molecule has 0 bridgehead atoms. The second kappa shape index (κ2) is 11.2. The molecule has 2 heterocycles. The average molecular weight is 530 g/mol. The first kappa shape index (κ1) is 25.3. The molecule has 3 aromatic rings. The van der Waals surface area contributed by atoms with E-state index in [1.54, 1.807) is 43.7 Å². The summed E-state index contributed by atoms with van der Waals surface area (Å²) in [5.41, 5.74) is 0.508. The van der Waals surface area contributed by atoms with Crippen molar-refractivity contribution in [2.24, 2.45) is 7.05 Å². The van der Waals surface area contributed by atoms with Crippen molar-refractivity contribution in [3.63, 3.8) is 0 Å². The third-order valence-electron chi connectivity index (χ3n) is 4.27. The van der Waals surface area contributed by atoms with Gasteiger partial charge in [-0.2, -0.15) is 0 Å². The maximum atomic E-state index is 12.4. The second-order valence-corrected chi connectivity index (χ2v) is 9.51. The number of carbonyl (C=O) groups is 2. The summed E-state index contributed by atoms with van der Waals surface area (Å²) < 4.78 is 12.6. The minimum absolute atomic E-state index is 0.0809. The number of halogens is 2. The number of nitrogens with one attached hydrogen (secondary N) is 1. The van der Waals surface area contributed by atoms with Gasteiger partial charge in [0.1, 0.15) is 10.6 Å². The molecule has 0 fully saturated rings. The van der Waals surface area contributed by atoms with Crippen LogP contribution in [0.4, 0.5) is 5.13 Å². The van der Waals surface area contributed by atoms with E-state index in [1.807, 2.05) is 6.92 Å². The molecule has 0 aliphatic rings. The lowest BCUT2D eigenvalue weighted by Gasteiger charge is -2.15. The van der Waals surface area contributed by atoms with Crippen molar-refractivity contribution in [2.45, 2.75) is 32.0 Å². The van der Waals surface area contributed by atoms with E-state index >= 15 is 0 Å². The molecule has 1 amide bonds. The van der Waals surface area contributed by atoms with Crippen LogP contribution < -0.4 is 10.1 Å². The molecule has 1 unspecified atom stereocenters. The van der Waals surface area contributed by atoms with Gasteiger partial charge in [-0.1, -0.05) is 46.3 Å². The van der Waals surface area contributed by atoms with Crippen molar-refractivity contribution in [1.82, 2.24) is 19.7 Å². The van der Waals surface area contributed by atoms with Gasteiger partial charge in [-0.25, -0.2) is 9.78 Å². The van der Waals surface area contributed by atoms with E-state index in [1.165, 1.54) is 11.8 Å². The van der Waals surface area contributed by atoms with E-state index in [0.29, 0.717) is 42.5 Å². The largest absolute Gasteiger partial charge is 0.481 e. The first-order valence-electron chi connectivity index (χ1n) is 9.77. The quantitative estimate of drug-likeness (QED) is 0.306. The predicted octanol–water partition coefficient (Wildman–Crippen LogP) is 4.93. The van der Waals surface area contributed by atoms with Crippen LogP contribution in [0.3, 0.4) is 0 Å². The number of thiazole rings is 1. The number of thioether (sulfide) groups is 1. The molecule has 3 rings (SSSR count). The molecule has 1 atom stereocenters. The van der Waals surface area contributed by atoms with Gasteiger partial charge < -0.3 is 19.4 Å². The average Bonchev–Trinajstić information content (AvgIpc) is 3.30. The SMILES string of the molecule is CCOC(=O)c1sc(NC(=O)CSc2nnc(C(C)Oc3ccc(Cl)cc3Cl)n2C)nc1C. The van der Waals surface area contributed by atoms with Crippen molar-refractivity contribution in [1.29, 1.82) is 0 Å². The molecule has 0 radical (unpaired) electrons. The summed E-state index contributed by atoms with van der Waals surface area (Å²) in [6, 6.07) is 4.97. The molecule has 0 aliphatic heterocycles. The van der Waals surface area contributed by atoms with Crippen molar-refractivity contribution in [2.75, 3.05) is 17.7 Å². The maximum absolute atomic E-state index is 12.4. The normalized spacial score (nSPS) is 11.8. The predicted molar refractivity (Wildman–Crippen MR) is 129 cm³/mol. The minimum Gasteiger partial charge on any atom is -0.481 e. The number of esters is 1. The fourth-order valence-corrected chi connectivity index (χ4v) is 4.79. The van der Waals surface area contributed by atoms with Crippen molar-refractivity contribution < 1.29 is 19.1 Å². The van der Waals surface area contributed by atoms with Gasteiger partial charge in [-0.05, 0) is 39.0 Å². The number of hydrogen-bond acceptors (Lipinski definition) is 9. The molecule has 0 saturated heterocycles. The van der Waals surface area contributed by atoms with Gasteiger partial charge >= 0.3 is 5.97 Å². The second-order valence-electron chi connectivity index (χ2n) is 6.73. The van der Waals surface area contributed by atoms with E-state index in [-0.39, 0.29) is 18.3 Å². The zero-order valence-electron chi connectivity index (χ0n) is 18.2. The Kier molecular flexibility index (Phi) is 8.57. The lowest BCUT2D eigenvalue weighted by molar-refractivity contribution is -0.113. The first-order valence-corrected chi connectivity index (χ1v) is 12.3. The highest BCUT2D eigenvalue weighted by atomic mass is 35.5. The fourth-order valence-electron chi connectivity index (χ4n) is 2.74. The number of aryl methyl sites for hydroxylation is 1. The number of rotatable bonds is 9. The highest BCUT2D eigenvalue weighted by Gasteiger charge is 2.20. The van der Waals surface area contributed by atoms with Crippen LogP contribution in [0.25, 0.3) is 0 Å². The van der Waals surface area contributed by atoms with E-state index in [4.69, 9.17) is 32.7 Å². The Morgan fingerprint density at radius 1 is 1.30 bits per heavy atom. The van der Waals surface area contributed by atoms with Gasteiger partial charge in [0.05, 0.1) is 23.1 Å². The number of anilines is 1. The van der Waals surface area contributed by atoms with Gasteiger partial charge in [0.2, 0.25) is 5.91 Å². The monoisotopic (exact) mass is 529 g/mol. The zero-order valence-corrected chi connectivity index (χ0v) is 21.4. The van der Waals surface area contributed by atoms with Crippen molar-refractivity contribution in [3.8, 4) is 5.75 Å². The lowest BCUT2D eigenvalue weighted by Crippen LogP contribution is -2.14. The summed E-state index contributed by atoms with van der Waals surface area (Å²) in [5.74, 6) is 0.387. The Labute approximate surface area is 208 Å². The molecule has 176 valence electrons. The number of benzene rings is 1. The molecule has 9 nitrogen and oxygen atoms in total. The van der Waals surface area contributed by atoms with Crippen LogP contribution in [0, 0.1) is 6.92 Å². The summed E-state index contributed by atoms with van der Waals surface area (Å²) >= 11 is 14.4. The molecule has 2 aromatic heterocycles. The Balaban J connectivity index is 1.58. The van der Waals surface area contributed by atoms with E-state index in [0.717, 1.165) is 11.3 Å². The summed E-state index contributed by atoms with van der Waals surface area (Å²) in [7, 11) is 1.79. The number of amides is 1. The van der Waals surface area contributed by atoms with Crippen LogP contribution in [0.5, 0.6) is 5.75 Å². The topological polar surface area (TPSA) is 108 Å². The van der Waals surface area contributed by atoms with Crippen molar-refractivity contribution >= 4 is 63.3 Å². The summed E-state index contributed by atoms with van der Waals surface area (Å²) in [6.07, 6.45) is -0.441. The van der Waals surface area contributed by atoms with Gasteiger partial charge in [0.15, 0.2) is 22.2 Å². The fraction of sp³-hybridized carbons (Fsp3) is 0.350. The van der Waals surface area contributed by atoms with E-state index in [2.05, 4.69) is 20.5 Å². The number of hydrogen-bond donors (Lipinski definition) is 1.